The monoisotopic (exact) mass is 266 g/mol. The average Bonchev–Trinajstić information content (AvgIpc) is 2.36. The minimum Gasteiger partial charge on any atom is -0.502 e. The van der Waals surface area contributed by atoms with Crippen molar-refractivity contribution in [3.63, 3.8) is 0 Å². The minimum atomic E-state index is -1.32. The summed E-state index contributed by atoms with van der Waals surface area (Å²) in [7, 11) is 2.70. The summed E-state index contributed by atoms with van der Waals surface area (Å²) < 4.78 is 9.88. The van der Waals surface area contributed by atoms with Crippen molar-refractivity contribution >= 4 is 17.8 Å². The number of ether oxygens (including phenoxy) is 2. The lowest BCUT2D eigenvalue weighted by atomic mass is 10.1. The zero-order valence-electron chi connectivity index (χ0n) is 10.8. The highest BCUT2D eigenvalue weighted by atomic mass is 16.5. The number of benzene rings is 1. The topological polar surface area (TPSA) is 93.1 Å². The number of phenolic OH excluding ortho intramolecular Hbond substituents is 1. The van der Waals surface area contributed by atoms with Crippen molar-refractivity contribution in [3.8, 4) is 17.2 Å². The maximum atomic E-state index is 11.2. The van der Waals surface area contributed by atoms with E-state index in [9.17, 15) is 14.7 Å². The summed E-state index contributed by atoms with van der Waals surface area (Å²) in [5.41, 5.74) is 0.00824. The molecule has 6 nitrogen and oxygen atoms in total. The van der Waals surface area contributed by atoms with E-state index < -0.39 is 11.8 Å². The molecule has 0 aliphatic rings. The number of hydrogen-bond donors (Lipinski definition) is 2. The Morgan fingerprint density at radius 1 is 1.16 bits per heavy atom. The zero-order valence-corrected chi connectivity index (χ0v) is 10.8. The fourth-order valence-electron chi connectivity index (χ4n) is 1.48. The SMILES string of the molecule is COc1cc(C=C(C(C)=O)C(=O)O)cc(OC)c1O. The molecule has 0 radical (unpaired) electrons. The van der Waals surface area contributed by atoms with Crippen LogP contribution in [0.15, 0.2) is 17.7 Å². The first kappa shape index (κ1) is 14.6. The maximum absolute atomic E-state index is 11.2. The lowest BCUT2D eigenvalue weighted by Gasteiger charge is -2.09. The Morgan fingerprint density at radius 2 is 1.63 bits per heavy atom. The van der Waals surface area contributed by atoms with E-state index in [1.807, 2.05) is 0 Å². The second-order valence-corrected chi connectivity index (χ2v) is 3.69. The largest absolute Gasteiger partial charge is 0.502 e. The predicted octanol–water partition coefficient (Wildman–Crippen LogP) is 1.47. The quantitative estimate of drug-likeness (QED) is 0.476. The number of rotatable bonds is 5. The predicted molar refractivity (Wildman–Crippen MR) is 67.5 cm³/mol. The van der Waals surface area contributed by atoms with Gasteiger partial charge in [0.15, 0.2) is 17.3 Å². The van der Waals surface area contributed by atoms with Gasteiger partial charge in [-0.15, -0.1) is 0 Å². The molecule has 0 amide bonds. The van der Waals surface area contributed by atoms with Gasteiger partial charge >= 0.3 is 5.97 Å². The number of carboxylic acids is 1. The Kier molecular flexibility index (Phi) is 4.52. The van der Waals surface area contributed by atoms with Gasteiger partial charge in [-0.3, -0.25) is 4.79 Å². The standard InChI is InChI=1S/C13H14O6/c1-7(14)9(13(16)17)4-8-5-10(18-2)12(15)11(6-8)19-3/h4-6,15H,1-3H3,(H,16,17). The van der Waals surface area contributed by atoms with Crippen LogP contribution in [-0.2, 0) is 9.59 Å². The first-order valence-corrected chi connectivity index (χ1v) is 5.31. The van der Waals surface area contributed by atoms with Crippen LogP contribution < -0.4 is 9.47 Å². The Labute approximate surface area is 109 Å². The summed E-state index contributed by atoms with van der Waals surface area (Å²) in [6.07, 6.45) is 1.19. The van der Waals surface area contributed by atoms with Crippen LogP contribution in [0.5, 0.6) is 17.2 Å². The summed E-state index contributed by atoms with van der Waals surface area (Å²) in [6.45, 7) is 1.16. The van der Waals surface area contributed by atoms with Gasteiger partial charge in [-0.05, 0) is 30.7 Å². The molecule has 0 spiro atoms. The fourth-order valence-corrected chi connectivity index (χ4v) is 1.48. The third-order valence-electron chi connectivity index (χ3n) is 2.42. The second-order valence-electron chi connectivity index (χ2n) is 3.69. The molecule has 6 heteroatoms. The molecule has 0 aliphatic carbocycles. The van der Waals surface area contributed by atoms with E-state index in [1.165, 1.54) is 32.4 Å². The highest BCUT2D eigenvalue weighted by Crippen LogP contribution is 2.37. The van der Waals surface area contributed by atoms with Crippen molar-refractivity contribution in [2.75, 3.05) is 14.2 Å². The molecule has 0 saturated carbocycles. The van der Waals surface area contributed by atoms with Gasteiger partial charge in [0.25, 0.3) is 0 Å². The van der Waals surface area contributed by atoms with E-state index in [2.05, 4.69) is 0 Å². The first-order chi connectivity index (χ1) is 8.90. The summed E-state index contributed by atoms with van der Waals surface area (Å²) >= 11 is 0. The highest BCUT2D eigenvalue weighted by molar-refractivity contribution is 6.19. The van der Waals surface area contributed by atoms with Crippen molar-refractivity contribution in [3.05, 3.63) is 23.3 Å². The number of Topliss-reactive ketones (excluding diaryl/α,β-unsaturated/α-hetero) is 1. The Bertz CT molecular complexity index is 503. The van der Waals surface area contributed by atoms with Crippen LogP contribution in [0, 0.1) is 0 Å². The second kappa shape index (κ2) is 5.90. The van der Waals surface area contributed by atoms with Crippen LogP contribution in [0.1, 0.15) is 12.5 Å². The van der Waals surface area contributed by atoms with Crippen LogP contribution in [0.25, 0.3) is 6.08 Å². The molecule has 0 unspecified atom stereocenters. The number of carboxylic acid groups (broad SMARTS) is 1. The number of methoxy groups -OCH3 is 2. The van der Waals surface area contributed by atoms with Gasteiger partial charge in [-0.25, -0.2) is 4.79 Å². The number of ketones is 1. The third-order valence-corrected chi connectivity index (χ3v) is 2.42. The molecule has 2 N–H and O–H groups in total. The van der Waals surface area contributed by atoms with Crippen molar-refractivity contribution in [1.29, 1.82) is 0 Å². The smallest absolute Gasteiger partial charge is 0.339 e. The van der Waals surface area contributed by atoms with Gasteiger partial charge in [0, 0.05) is 0 Å². The van der Waals surface area contributed by atoms with E-state index in [0.717, 1.165) is 6.92 Å². The molecule has 19 heavy (non-hydrogen) atoms. The lowest BCUT2D eigenvalue weighted by Crippen LogP contribution is -2.08. The van der Waals surface area contributed by atoms with E-state index in [4.69, 9.17) is 14.6 Å². The van der Waals surface area contributed by atoms with E-state index in [1.54, 1.807) is 0 Å². The number of aliphatic carboxylic acids is 1. The molecule has 0 aromatic heterocycles. The number of phenols is 1. The lowest BCUT2D eigenvalue weighted by molar-refractivity contribution is -0.134. The van der Waals surface area contributed by atoms with Crippen molar-refractivity contribution in [2.45, 2.75) is 6.92 Å². The van der Waals surface area contributed by atoms with Gasteiger partial charge in [-0.2, -0.15) is 0 Å². The van der Waals surface area contributed by atoms with Crippen molar-refractivity contribution < 1.29 is 29.3 Å². The molecular formula is C13H14O6. The number of aromatic hydroxyl groups is 1. The Morgan fingerprint density at radius 3 is 1.95 bits per heavy atom. The molecule has 102 valence electrons. The summed E-state index contributed by atoms with van der Waals surface area (Å²) in [5, 5.41) is 18.6. The Balaban J connectivity index is 3.39. The number of hydrogen-bond acceptors (Lipinski definition) is 5. The van der Waals surface area contributed by atoms with Gasteiger partial charge < -0.3 is 19.7 Å². The maximum Gasteiger partial charge on any atom is 0.339 e. The van der Waals surface area contributed by atoms with E-state index in [0.29, 0.717) is 5.56 Å². The van der Waals surface area contributed by atoms with Gasteiger partial charge in [0.1, 0.15) is 5.57 Å². The van der Waals surface area contributed by atoms with Gasteiger partial charge in [0.05, 0.1) is 14.2 Å². The fraction of sp³-hybridized carbons (Fsp3) is 0.231. The van der Waals surface area contributed by atoms with Crippen molar-refractivity contribution in [1.82, 2.24) is 0 Å². The molecule has 0 heterocycles. The Hall–Kier alpha value is -2.50. The van der Waals surface area contributed by atoms with E-state index in [-0.39, 0.29) is 22.8 Å². The molecule has 0 aliphatic heterocycles. The summed E-state index contributed by atoms with van der Waals surface area (Å²) in [6, 6.07) is 2.81. The number of carbonyl (C=O) groups excluding carboxylic acids is 1. The van der Waals surface area contributed by atoms with Crippen molar-refractivity contribution in [2.24, 2.45) is 0 Å². The van der Waals surface area contributed by atoms with Crippen LogP contribution >= 0.6 is 0 Å². The summed E-state index contributed by atoms with van der Waals surface area (Å²) in [4.78, 5) is 22.1. The molecular weight excluding hydrogens is 252 g/mol. The average molecular weight is 266 g/mol. The molecule has 0 atom stereocenters. The number of carbonyl (C=O) groups is 2. The third kappa shape index (κ3) is 3.25. The van der Waals surface area contributed by atoms with Crippen LogP contribution in [0.4, 0.5) is 0 Å². The van der Waals surface area contributed by atoms with Gasteiger partial charge in [-0.1, -0.05) is 0 Å². The zero-order chi connectivity index (χ0) is 14.6. The molecule has 1 aromatic carbocycles. The molecule has 0 saturated heterocycles. The van der Waals surface area contributed by atoms with Crippen LogP contribution in [0.2, 0.25) is 0 Å². The molecule has 0 bridgehead atoms. The first-order valence-electron chi connectivity index (χ1n) is 5.31. The molecule has 1 aromatic rings. The highest BCUT2D eigenvalue weighted by Gasteiger charge is 2.15. The normalized spacial score (nSPS) is 11.0. The molecule has 1 rings (SSSR count). The van der Waals surface area contributed by atoms with Crippen LogP contribution in [0.3, 0.4) is 0 Å². The van der Waals surface area contributed by atoms with E-state index >= 15 is 0 Å². The minimum absolute atomic E-state index is 0.124. The van der Waals surface area contributed by atoms with Gasteiger partial charge in [0.2, 0.25) is 5.75 Å². The molecule has 0 fully saturated rings. The van der Waals surface area contributed by atoms with Crippen LogP contribution in [-0.4, -0.2) is 36.2 Å². The summed E-state index contributed by atoms with van der Waals surface area (Å²) in [5.74, 6) is -1.84.